The van der Waals surface area contributed by atoms with E-state index < -0.39 is 16.5 Å². The lowest BCUT2D eigenvalue weighted by Gasteiger charge is -2.21. The number of rotatable bonds is 6. The SMILES string of the molecule is CCCN(CC(=O)NC)C(=O)c1ccnc(Cl)c1[N+](=O)[O-]. The number of carbonyl (C=O) groups is 2. The van der Waals surface area contributed by atoms with E-state index in [-0.39, 0.29) is 23.2 Å². The van der Waals surface area contributed by atoms with Crippen molar-refractivity contribution in [3.05, 3.63) is 33.1 Å². The molecule has 1 heterocycles. The minimum atomic E-state index is -0.757. The van der Waals surface area contributed by atoms with Crippen LogP contribution in [0.15, 0.2) is 12.3 Å². The molecule has 0 unspecified atom stereocenters. The summed E-state index contributed by atoms with van der Waals surface area (Å²) in [7, 11) is 1.45. The first-order valence-corrected chi connectivity index (χ1v) is 6.58. The van der Waals surface area contributed by atoms with E-state index >= 15 is 0 Å². The van der Waals surface area contributed by atoms with Gasteiger partial charge in [-0.2, -0.15) is 0 Å². The molecule has 0 aromatic carbocycles. The van der Waals surface area contributed by atoms with E-state index in [9.17, 15) is 19.7 Å². The number of nitro groups is 1. The second-order valence-corrected chi connectivity index (χ2v) is 4.51. The molecule has 0 saturated carbocycles. The second-order valence-electron chi connectivity index (χ2n) is 4.15. The lowest BCUT2D eigenvalue weighted by Crippen LogP contribution is -2.40. The minimum Gasteiger partial charge on any atom is -0.358 e. The topological polar surface area (TPSA) is 105 Å². The molecule has 8 nitrogen and oxygen atoms in total. The molecular formula is C12H15ClN4O4. The maximum Gasteiger partial charge on any atom is 0.319 e. The molecule has 0 spiro atoms. The Bertz CT molecular complexity index is 564. The molecule has 1 N–H and O–H groups in total. The third kappa shape index (κ3) is 4.12. The minimum absolute atomic E-state index is 0.180. The van der Waals surface area contributed by atoms with Crippen LogP contribution < -0.4 is 5.32 Å². The predicted octanol–water partition coefficient (Wildman–Crippen LogP) is 1.24. The normalized spacial score (nSPS) is 10.0. The van der Waals surface area contributed by atoms with Gasteiger partial charge in [0, 0.05) is 19.8 Å². The second kappa shape index (κ2) is 7.53. The zero-order chi connectivity index (χ0) is 16.0. The largest absolute Gasteiger partial charge is 0.358 e. The number of likely N-dealkylation sites (N-methyl/N-ethyl adjacent to an activating group) is 1. The third-order valence-corrected chi connectivity index (χ3v) is 2.96. The Kier molecular flexibility index (Phi) is 6.04. The van der Waals surface area contributed by atoms with Crippen molar-refractivity contribution in [2.45, 2.75) is 13.3 Å². The van der Waals surface area contributed by atoms with Crippen molar-refractivity contribution < 1.29 is 14.5 Å². The molecule has 21 heavy (non-hydrogen) atoms. The highest BCUT2D eigenvalue weighted by atomic mass is 35.5. The Labute approximate surface area is 126 Å². The van der Waals surface area contributed by atoms with Gasteiger partial charge in [0.15, 0.2) is 0 Å². The van der Waals surface area contributed by atoms with Crippen LogP contribution >= 0.6 is 11.6 Å². The standard InChI is InChI=1S/C12H15ClN4O4/c1-3-6-16(7-9(18)14-2)12(19)8-4-5-15-11(13)10(8)17(20)21/h4-5H,3,6-7H2,1-2H3,(H,14,18). The average molecular weight is 315 g/mol. The molecule has 0 aliphatic heterocycles. The van der Waals surface area contributed by atoms with Gasteiger partial charge in [-0.05, 0) is 12.5 Å². The summed E-state index contributed by atoms with van der Waals surface area (Å²) < 4.78 is 0. The quantitative estimate of drug-likeness (QED) is 0.483. The fraction of sp³-hybridized carbons (Fsp3) is 0.417. The first-order chi connectivity index (χ1) is 9.92. The molecule has 0 radical (unpaired) electrons. The van der Waals surface area contributed by atoms with E-state index in [1.165, 1.54) is 24.2 Å². The Morgan fingerprint density at radius 3 is 2.71 bits per heavy atom. The van der Waals surface area contributed by atoms with Gasteiger partial charge in [0.25, 0.3) is 5.91 Å². The van der Waals surface area contributed by atoms with Crippen LogP contribution in [0.2, 0.25) is 5.15 Å². The summed E-state index contributed by atoms with van der Waals surface area (Å²) in [6, 6.07) is 1.22. The summed E-state index contributed by atoms with van der Waals surface area (Å²) in [5, 5.41) is 13.1. The highest BCUT2D eigenvalue weighted by Crippen LogP contribution is 2.27. The van der Waals surface area contributed by atoms with Crippen LogP contribution in [0.3, 0.4) is 0 Å². The first kappa shape index (κ1) is 16.8. The maximum absolute atomic E-state index is 12.4. The van der Waals surface area contributed by atoms with Crippen molar-refractivity contribution in [1.29, 1.82) is 0 Å². The predicted molar refractivity (Wildman–Crippen MR) is 76.2 cm³/mol. The van der Waals surface area contributed by atoms with Gasteiger partial charge in [0.05, 0.1) is 11.5 Å². The van der Waals surface area contributed by atoms with Gasteiger partial charge in [-0.15, -0.1) is 0 Å². The average Bonchev–Trinajstić information content (AvgIpc) is 2.45. The summed E-state index contributed by atoms with van der Waals surface area (Å²) in [4.78, 5) is 39.0. The van der Waals surface area contributed by atoms with Gasteiger partial charge in [0.1, 0.15) is 5.56 Å². The van der Waals surface area contributed by atoms with E-state index in [4.69, 9.17) is 11.6 Å². The summed E-state index contributed by atoms with van der Waals surface area (Å²) in [5.74, 6) is -0.990. The van der Waals surface area contributed by atoms with Gasteiger partial charge in [-0.3, -0.25) is 19.7 Å². The summed E-state index contributed by atoms with van der Waals surface area (Å²) >= 11 is 5.68. The molecule has 114 valence electrons. The smallest absolute Gasteiger partial charge is 0.319 e. The molecule has 1 aromatic rings. The van der Waals surface area contributed by atoms with Crippen LogP contribution in [0.4, 0.5) is 5.69 Å². The van der Waals surface area contributed by atoms with Gasteiger partial charge >= 0.3 is 5.69 Å². The fourth-order valence-electron chi connectivity index (χ4n) is 1.72. The molecule has 0 saturated heterocycles. The number of nitrogens with one attached hydrogen (secondary N) is 1. The molecule has 0 aliphatic carbocycles. The Hall–Kier alpha value is -2.22. The van der Waals surface area contributed by atoms with Crippen LogP contribution in [0.5, 0.6) is 0 Å². The van der Waals surface area contributed by atoms with E-state index in [1.807, 2.05) is 6.92 Å². The van der Waals surface area contributed by atoms with E-state index in [0.29, 0.717) is 13.0 Å². The lowest BCUT2D eigenvalue weighted by atomic mass is 10.2. The Morgan fingerprint density at radius 2 is 2.19 bits per heavy atom. The van der Waals surface area contributed by atoms with E-state index in [0.717, 1.165) is 0 Å². The van der Waals surface area contributed by atoms with Crippen LogP contribution in [-0.2, 0) is 4.79 Å². The highest BCUT2D eigenvalue weighted by molar-refractivity contribution is 6.32. The molecule has 0 bridgehead atoms. The molecule has 2 amide bonds. The van der Waals surface area contributed by atoms with Gasteiger partial charge < -0.3 is 10.2 Å². The van der Waals surface area contributed by atoms with Gasteiger partial charge in [-0.1, -0.05) is 18.5 Å². The number of hydrogen-bond donors (Lipinski definition) is 1. The molecule has 1 rings (SSSR count). The summed E-state index contributed by atoms with van der Waals surface area (Å²) in [6.07, 6.45) is 1.82. The van der Waals surface area contributed by atoms with Crippen molar-refractivity contribution in [3.63, 3.8) is 0 Å². The van der Waals surface area contributed by atoms with Crippen LogP contribution in [0, 0.1) is 10.1 Å². The first-order valence-electron chi connectivity index (χ1n) is 6.21. The summed E-state index contributed by atoms with van der Waals surface area (Å²) in [5.41, 5.74) is -0.737. The highest BCUT2D eigenvalue weighted by Gasteiger charge is 2.28. The molecule has 1 aromatic heterocycles. The number of amides is 2. The van der Waals surface area contributed by atoms with Crippen molar-refractivity contribution in [3.8, 4) is 0 Å². The molecular weight excluding hydrogens is 300 g/mol. The maximum atomic E-state index is 12.4. The number of pyridine rings is 1. The molecule has 0 aliphatic rings. The summed E-state index contributed by atoms with van der Waals surface area (Å²) in [6.45, 7) is 1.95. The van der Waals surface area contributed by atoms with Crippen LogP contribution in [0.1, 0.15) is 23.7 Å². The monoisotopic (exact) mass is 314 g/mol. The fourth-order valence-corrected chi connectivity index (χ4v) is 1.95. The molecule has 9 heteroatoms. The van der Waals surface area contributed by atoms with Crippen molar-refractivity contribution in [2.75, 3.05) is 20.1 Å². The lowest BCUT2D eigenvalue weighted by molar-refractivity contribution is -0.385. The zero-order valence-corrected chi connectivity index (χ0v) is 12.4. The molecule has 0 atom stereocenters. The van der Waals surface area contributed by atoms with Gasteiger partial charge in [-0.25, -0.2) is 4.98 Å². The number of carbonyl (C=O) groups excluding carboxylic acids is 2. The number of aromatic nitrogens is 1. The molecule has 0 fully saturated rings. The Balaban J connectivity index is 3.17. The van der Waals surface area contributed by atoms with Gasteiger partial charge in [0.2, 0.25) is 11.1 Å². The third-order valence-electron chi connectivity index (χ3n) is 2.69. The van der Waals surface area contributed by atoms with Crippen molar-refractivity contribution >= 4 is 29.1 Å². The van der Waals surface area contributed by atoms with Crippen LogP contribution in [-0.4, -0.2) is 46.8 Å². The van der Waals surface area contributed by atoms with Crippen LogP contribution in [0.25, 0.3) is 0 Å². The Morgan fingerprint density at radius 1 is 1.52 bits per heavy atom. The van der Waals surface area contributed by atoms with Crippen molar-refractivity contribution in [2.24, 2.45) is 0 Å². The van der Waals surface area contributed by atoms with Crippen molar-refractivity contribution in [1.82, 2.24) is 15.2 Å². The number of nitrogens with zero attached hydrogens (tertiary/aromatic N) is 3. The van der Waals surface area contributed by atoms with E-state index in [2.05, 4.69) is 10.3 Å². The number of halogens is 1. The zero-order valence-electron chi connectivity index (χ0n) is 11.6. The van der Waals surface area contributed by atoms with E-state index in [1.54, 1.807) is 0 Å². The number of hydrogen-bond acceptors (Lipinski definition) is 5.